The van der Waals surface area contributed by atoms with Crippen LogP contribution in [0.15, 0.2) is 36.4 Å². The number of rotatable bonds is 3. The van der Waals surface area contributed by atoms with Crippen molar-refractivity contribution in [3.63, 3.8) is 0 Å². The zero-order valence-electron chi connectivity index (χ0n) is 18.0. The zero-order chi connectivity index (χ0) is 24.0. The number of hydrogen-bond acceptors (Lipinski definition) is 9. The van der Waals surface area contributed by atoms with E-state index in [0.717, 1.165) is 0 Å². The molecule has 0 atom stereocenters. The van der Waals surface area contributed by atoms with E-state index in [1.54, 1.807) is 0 Å². The number of phenols is 6. The minimum atomic E-state index is -0.240. The van der Waals surface area contributed by atoms with Crippen molar-refractivity contribution in [1.82, 2.24) is 15.0 Å². The van der Waals surface area contributed by atoms with Crippen LogP contribution in [-0.4, -0.2) is 45.6 Å². The topological polar surface area (TPSA) is 160 Å². The molecule has 0 aliphatic heterocycles. The molecule has 0 fully saturated rings. The van der Waals surface area contributed by atoms with Crippen LogP contribution in [0.4, 0.5) is 0 Å². The van der Waals surface area contributed by atoms with Gasteiger partial charge in [0.05, 0.1) is 16.7 Å². The van der Waals surface area contributed by atoms with E-state index in [9.17, 15) is 30.6 Å². The molecule has 168 valence electrons. The Kier molecular flexibility index (Phi) is 5.17. The van der Waals surface area contributed by atoms with Crippen LogP contribution in [0.2, 0.25) is 0 Å². The highest BCUT2D eigenvalue weighted by atomic mass is 16.3. The second-order valence-electron chi connectivity index (χ2n) is 7.62. The third-order valence-electron chi connectivity index (χ3n) is 5.57. The summed E-state index contributed by atoms with van der Waals surface area (Å²) in [6.07, 6.45) is 0. The summed E-state index contributed by atoms with van der Waals surface area (Å²) in [5.74, 6) is -0.985. The Morgan fingerprint density at radius 3 is 0.909 bits per heavy atom. The Balaban J connectivity index is 2.04. The van der Waals surface area contributed by atoms with Crippen molar-refractivity contribution in [1.29, 1.82) is 0 Å². The predicted octanol–water partition coefficient (Wildman–Crippen LogP) is 4.03. The van der Waals surface area contributed by atoms with Gasteiger partial charge < -0.3 is 30.6 Å². The highest BCUT2D eigenvalue weighted by Gasteiger charge is 2.21. The molecule has 9 heteroatoms. The molecule has 0 bridgehead atoms. The van der Waals surface area contributed by atoms with E-state index in [0.29, 0.717) is 0 Å². The normalized spacial score (nSPS) is 11.0. The molecule has 0 amide bonds. The van der Waals surface area contributed by atoms with Gasteiger partial charge in [0.25, 0.3) is 0 Å². The molecule has 1 aromatic heterocycles. The molecular weight excluding hydrogens is 426 g/mol. The molecule has 0 unspecified atom stereocenters. The quantitative estimate of drug-likeness (QED) is 0.272. The number of nitrogens with zero attached hydrogens (tertiary/aromatic N) is 3. The molecule has 6 N–H and O–H groups in total. The first-order valence-corrected chi connectivity index (χ1v) is 9.92. The Bertz CT molecular complexity index is 1240. The fourth-order valence-corrected chi connectivity index (χ4v) is 3.35. The van der Waals surface area contributed by atoms with Crippen molar-refractivity contribution in [2.75, 3.05) is 0 Å². The first-order valence-electron chi connectivity index (χ1n) is 9.92. The summed E-state index contributed by atoms with van der Waals surface area (Å²) in [5.41, 5.74) is 1.26. The van der Waals surface area contributed by atoms with Crippen LogP contribution in [0.1, 0.15) is 16.7 Å². The molecule has 0 aliphatic rings. The average Bonchev–Trinajstić information content (AvgIpc) is 2.79. The monoisotopic (exact) mass is 447 g/mol. The molecule has 0 saturated heterocycles. The lowest BCUT2D eigenvalue weighted by atomic mass is 10.1. The van der Waals surface area contributed by atoms with E-state index in [-0.39, 0.29) is 85.4 Å². The standard InChI is InChI=1S/C24H21N3O6/c1-10-16(28)7-4-13(19(10)31)22-25-23(14-5-8-17(29)11(2)20(14)32)27-24(26-22)15-6-9-18(30)12(3)21(15)33/h4-9,28-33H,1-3H3. The number of hydrogen-bond donors (Lipinski definition) is 6. The highest BCUT2D eigenvalue weighted by molar-refractivity contribution is 5.76. The van der Waals surface area contributed by atoms with Crippen molar-refractivity contribution in [2.24, 2.45) is 0 Å². The fourth-order valence-electron chi connectivity index (χ4n) is 3.35. The number of benzene rings is 3. The summed E-state index contributed by atoms with van der Waals surface area (Å²) in [7, 11) is 0. The second kappa shape index (κ2) is 7.86. The Morgan fingerprint density at radius 2 is 0.667 bits per heavy atom. The van der Waals surface area contributed by atoms with Gasteiger partial charge in [0.15, 0.2) is 17.5 Å². The van der Waals surface area contributed by atoms with Crippen LogP contribution in [-0.2, 0) is 0 Å². The molecule has 0 aliphatic carbocycles. The van der Waals surface area contributed by atoms with E-state index in [1.165, 1.54) is 57.2 Å². The van der Waals surface area contributed by atoms with Crippen LogP contribution >= 0.6 is 0 Å². The van der Waals surface area contributed by atoms with Gasteiger partial charge in [0, 0.05) is 16.7 Å². The molecule has 1 heterocycles. The third-order valence-corrected chi connectivity index (χ3v) is 5.57. The van der Waals surface area contributed by atoms with Crippen molar-refractivity contribution in [2.45, 2.75) is 20.8 Å². The van der Waals surface area contributed by atoms with E-state index in [1.807, 2.05) is 0 Å². The Morgan fingerprint density at radius 1 is 0.424 bits per heavy atom. The van der Waals surface area contributed by atoms with Gasteiger partial charge in [0.1, 0.15) is 34.5 Å². The molecule has 33 heavy (non-hydrogen) atoms. The van der Waals surface area contributed by atoms with Gasteiger partial charge in [-0.15, -0.1) is 0 Å². The lowest BCUT2D eigenvalue weighted by molar-refractivity contribution is 0.443. The molecule has 4 aromatic rings. The largest absolute Gasteiger partial charge is 0.508 e. The van der Waals surface area contributed by atoms with Crippen molar-refractivity contribution < 1.29 is 30.6 Å². The third kappa shape index (κ3) is 3.59. The van der Waals surface area contributed by atoms with E-state index >= 15 is 0 Å². The fraction of sp³-hybridized carbons (Fsp3) is 0.125. The number of aromatic nitrogens is 3. The van der Waals surface area contributed by atoms with Crippen LogP contribution in [0.5, 0.6) is 34.5 Å². The van der Waals surface area contributed by atoms with Crippen molar-refractivity contribution >= 4 is 0 Å². The van der Waals surface area contributed by atoms with Gasteiger partial charge in [-0.25, -0.2) is 15.0 Å². The zero-order valence-corrected chi connectivity index (χ0v) is 18.0. The van der Waals surface area contributed by atoms with E-state index < -0.39 is 0 Å². The lowest BCUT2D eigenvalue weighted by Crippen LogP contribution is -2.01. The molecule has 4 rings (SSSR count). The van der Waals surface area contributed by atoms with Gasteiger partial charge in [0.2, 0.25) is 0 Å². The van der Waals surface area contributed by atoms with Crippen molar-refractivity contribution in [3.05, 3.63) is 53.1 Å². The minimum Gasteiger partial charge on any atom is -0.508 e. The molecular formula is C24H21N3O6. The first-order chi connectivity index (χ1) is 15.6. The number of phenolic OH excluding ortho intramolecular Hbond substituents is 6. The van der Waals surface area contributed by atoms with E-state index in [2.05, 4.69) is 15.0 Å². The Labute approximate surface area is 188 Å². The summed E-state index contributed by atoms with van der Waals surface area (Å²) in [6.45, 7) is 4.59. The second-order valence-corrected chi connectivity index (χ2v) is 7.62. The summed E-state index contributed by atoms with van der Waals surface area (Å²) < 4.78 is 0. The SMILES string of the molecule is Cc1c(O)ccc(-c2nc(-c3ccc(O)c(C)c3O)nc(-c3ccc(O)c(C)c3O)n2)c1O. The predicted molar refractivity (Wildman–Crippen MR) is 120 cm³/mol. The lowest BCUT2D eigenvalue weighted by Gasteiger charge is -2.14. The minimum absolute atomic E-state index is 0.0193. The van der Waals surface area contributed by atoms with Crippen LogP contribution in [0.3, 0.4) is 0 Å². The molecule has 0 radical (unpaired) electrons. The van der Waals surface area contributed by atoms with Crippen LogP contribution < -0.4 is 0 Å². The van der Waals surface area contributed by atoms with Gasteiger partial charge in [-0.05, 0) is 57.2 Å². The maximum absolute atomic E-state index is 10.6. The van der Waals surface area contributed by atoms with Crippen LogP contribution in [0, 0.1) is 20.8 Å². The Hall–Kier alpha value is -4.53. The van der Waals surface area contributed by atoms with Gasteiger partial charge >= 0.3 is 0 Å². The molecule has 0 spiro atoms. The summed E-state index contributed by atoms with van der Waals surface area (Å²) >= 11 is 0. The number of aromatic hydroxyl groups is 6. The molecule has 9 nitrogen and oxygen atoms in total. The summed E-state index contributed by atoms with van der Waals surface area (Å²) in [4.78, 5) is 13.2. The average molecular weight is 447 g/mol. The first kappa shape index (κ1) is 21.7. The van der Waals surface area contributed by atoms with Crippen molar-refractivity contribution in [3.8, 4) is 68.7 Å². The maximum atomic E-state index is 10.6. The summed E-state index contributed by atoms with van der Waals surface area (Å²) in [6, 6.07) is 8.47. The van der Waals surface area contributed by atoms with Gasteiger partial charge in [-0.3, -0.25) is 0 Å². The maximum Gasteiger partial charge on any atom is 0.167 e. The smallest absolute Gasteiger partial charge is 0.167 e. The highest BCUT2D eigenvalue weighted by Crippen LogP contribution is 2.40. The van der Waals surface area contributed by atoms with Gasteiger partial charge in [-0.1, -0.05) is 0 Å². The van der Waals surface area contributed by atoms with Crippen LogP contribution in [0.25, 0.3) is 34.2 Å². The van der Waals surface area contributed by atoms with E-state index in [4.69, 9.17) is 0 Å². The summed E-state index contributed by atoms with van der Waals surface area (Å²) in [5, 5.41) is 61.5. The molecule has 0 saturated carbocycles. The molecule has 3 aromatic carbocycles. The van der Waals surface area contributed by atoms with Gasteiger partial charge in [-0.2, -0.15) is 0 Å².